The lowest BCUT2D eigenvalue weighted by Crippen LogP contribution is -2.36. The molecule has 1 fully saturated rings. The van der Waals surface area contributed by atoms with Crippen molar-refractivity contribution in [3.63, 3.8) is 0 Å². The molecule has 2 N–H and O–H groups in total. The van der Waals surface area contributed by atoms with Gasteiger partial charge < -0.3 is 10.4 Å². The number of carboxylic acids is 1. The number of nitrogens with zero attached hydrogens (tertiary/aromatic N) is 1. The van der Waals surface area contributed by atoms with Crippen LogP contribution in [0.3, 0.4) is 0 Å². The third kappa shape index (κ3) is 3.26. The smallest absolute Gasteiger partial charge is 0.307 e. The summed E-state index contributed by atoms with van der Waals surface area (Å²) >= 11 is 1.43. The molecule has 0 unspecified atom stereocenters. The number of anilines is 1. The van der Waals surface area contributed by atoms with Gasteiger partial charge in [0.2, 0.25) is 5.91 Å². The number of hydrogen-bond acceptors (Lipinski definition) is 4. The fourth-order valence-corrected chi connectivity index (χ4v) is 5.29. The lowest BCUT2D eigenvalue weighted by Gasteiger charge is -2.23. The molecule has 6 heteroatoms. The fraction of sp³-hybridized carbons (Fsp3) is 0.409. The van der Waals surface area contributed by atoms with Crippen LogP contribution in [0.1, 0.15) is 36.6 Å². The average Bonchev–Trinajstić information content (AvgIpc) is 3.35. The van der Waals surface area contributed by atoms with Crippen LogP contribution in [0.4, 0.5) is 5.13 Å². The molecule has 146 valence electrons. The molecule has 0 radical (unpaired) electrons. The van der Waals surface area contributed by atoms with Gasteiger partial charge in [0.05, 0.1) is 17.5 Å². The first-order valence-corrected chi connectivity index (χ1v) is 10.5. The van der Waals surface area contributed by atoms with Crippen molar-refractivity contribution in [1.29, 1.82) is 0 Å². The highest BCUT2D eigenvalue weighted by atomic mass is 32.1. The number of fused-ring (bicyclic) bond motifs is 2. The number of carbonyl (C=O) groups excluding carboxylic acids is 1. The van der Waals surface area contributed by atoms with Crippen molar-refractivity contribution in [2.24, 2.45) is 23.7 Å². The molecular formula is C22H24N2O3S. The monoisotopic (exact) mass is 396 g/mol. The minimum atomic E-state index is -0.891. The average molecular weight is 397 g/mol. The highest BCUT2D eigenvalue weighted by Gasteiger charge is 2.51. The molecule has 0 spiro atoms. The standard InChI is InChI=1S/C22H24N2O3S/c1-11(2)13-4-6-14(7-5-13)19-12(3)28-22(23-19)24-20(25)17-15-8-9-16(10-15)18(17)21(26)27/h4-9,11,15-18H,10H2,1-3H3,(H,26,27)(H,23,24,25)/t15-,16+,17+,18+/m1/s1. The first-order valence-electron chi connectivity index (χ1n) is 9.65. The number of carbonyl (C=O) groups is 2. The number of hydrogen-bond donors (Lipinski definition) is 2. The van der Waals surface area contributed by atoms with Crippen LogP contribution in [0, 0.1) is 30.6 Å². The van der Waals surface area contributed by atoms with Crippen LogP contribution in [-0.4, -0.2) is 22.0 Å². The zero-order chi connectivity index (χ0) is 20.0. The van der Waals surface area contributed by atoms with Gasteiger partial charge in [-0.25, -0.2) is 4.98 Å². The van der Waals surface area contributed by atoms with Crippen molar-refractivity contribution in [3.05, 3.63) is 46.9 Å². The van der Waals surface area contributed by atoms with Crippen LogP contribution >= 0.6 is 11.3 Å². The molecule has 4 rings (SSSR count). The Hall–Kier alpha value is -2.47. The molecule has 1 amide bonds. The normalized spacial score (nSPS) is 25.4. The number of carboxylic acid groups (broad SMARTS) is 1. The van der Waals surface area contributed by atoms with Gasteiger partial charge in [0.15, 0.2) is 5.13 Å². The summed E-state index contributed by atoms with van der Waals surface area (Å²) in [5, 5.41) is 13.0. The van der Waals surface area contributed by atoms with Crippen LogP contribution in [0.5, 0.6) is 0 Å². The first kappa shape index (κ1) is 18.9. The van der Waals surface area contributed by atoms with Crippen LogP contribution in [0.15, 0.2) is 36.4 Å². The number of benzene rings is 1. The summed E-state index contributed by atoms with van der Waals surface area (Å²) in [6, 6.07) is 8.33. The maximum atomic E-state index is 12.9. The van der Waals surface area contributed by atoms with Crippen molar-refractivity contribution in [2.45, 2.75) is 33.1 Å². The molecule has 1 heterocycles. The second kappa shape index (κ2) is 7.17. The molecule has 28 heavy (non-hydrogen) atoms. The maximum absolute atomic E-state index is 12.9. The van der Waals surface area contributed by atoms with Gasteiger partial charge in [-0.3, -0.25) is 9.59 Å². The largest absolute Gasteiger partial charge is 0.481 e. The molecule has 1 aromatic heterocycles. The highest BCUT2D eigenvalue weighted by Crippen LogP contribution is 2.48. The fourth-order valence-electron chi connectivity index (χ4n) is 4.45. The number of rotatable bonds is 5. The summed E-state index contributed by atoms with van der Waals surface area (Å²) in [5.74, 6) is -1.84. The summed E-state index contributed by atoms with van der Waals surface area (Å²) in [5.41, 5.74) is 3.15. The summed E-state index contributed by atoms with van der Waals surface area (Å²) in [4.78, 5) is 30.1. The van der Waals surface area contributed by atoms with Crippen molar-refractivity contribution in [1.82, 2.24) is 4.98 Å². The predicted molar refractivity (Wildman–Crippen MR) is 110 cm³/mol. The topological polar surface area (TPSA) is 79.3 Å². The second-order valence-corrected chi connectivity index (χ2v) is 9.23. The zero-order valence-electron chi connectivity index (χ0n) is 16.2. The number of aryl methyl sites for hydroxylation is 1. The van der Waals surface area contributed by atoms with Crippen LogP contribution in [0.25, 0.3) is 11.3 Å². The molecule has 2 aliphatic rings. The van der Waals surface area contributed by atoms with Crippen LogP contribution in [0.2, 0.25) is 0 Å². The number of thiazole rings is 1. The van der Waals surface area contributed by atoms with Gasteiger partial charge in [0, 0.05) is 10.4 Å². The molecule has 1 saturated carbocycles. The van der Waals surface area contributed by atoms with Gasteiger partial charge in [-0.15, -0.1) is 11.3 Å². The van der Waals surface area contributed by atoms with Crippen LogP contribution < -0.4 is 5.32 Å². The molecule has 2 aromatic rings. The van der Waals surface area contributed by atoms with E-state index < -0.39 is 17.8 Å². The minimum Gasteiger partial charge on any atom is -0.481 e. The lowest BCUT2D eigenvalue weighted by molar-refractivity contribution is -0.146. The number of aromatic nitrogens is 1. The van der Waals surface area contributed by atoms with Crippen molar-refractivity contribution in [2.75, 3.05) is 5.32 Å². The van der Waals surface area contributed by atoms with Gasteiger partial charge in [-0.2, -0.15) is 0 Å². The number of allylic oxidation sites excluding steroid dienone is 2. The first-order chi connectivity index (χ1) is 13.3. The Morgan fingerprint density at radius 3 is 2.39 bits per heavy atom. The van der Waals surface area contributed by atoms with E-state index in [-0.39, 0.29) is 17.7 Å². The Morgan fingerprint density at radius 2 is 1.79 bits per heavy atom. The molecule has 0 saturated heterocycles. The minimum absolute atomic E-state index is 0.00945. The molecule has 5 nitrogen and oxygen atoms in total. The van der Waals surface area contributed by atoms with E-state index in [1.807, 2.05) is 19.1 Å². The van der Waals surface area contributed by atoms with E-state index in [1.165, 1.54) is 16.9 Å². The van der Waals surface area contributed by atoms with E-state index in [1.54, 1.807) is 0 Å². The summed E-state index contributed by atoms with van der Waals surface area (Å²) in [7, 11) is 0. The number of nitrogens with one attached hydrogen (secondary N) is 1. The summed E-state index contributed by atoms with van der Waals surface area (Å²) < 4.78 is 0. The van der Waals surface area contributed by atoms with Gasteiger partial charge in [0.1, 0.15) is 0 Å². The molecule has 1 aromatic carbocycles. The molecule has 2 aliphatic carbocycles. The Bertz CT molecular complexity index is 945. The van der Waals surface area contributed by atoms with E-state index in [2.05, 4.69) is 48.4 Å². The van der Waals surface area contributed by atoms with Crippen LogP contribution in [-0.2, 0) is 9.59 Å². The molecule has 2 bridgehead atoms. The quantitative estimate of drug-likeness (QED) is 0.718. The predicted octanol–water partition coefficient (Wildman–Crippen LogP) is 4.70. The Morgan fingerprint density at radius 1 is 1.14 bits per heavy atom. The lowest BCUT2D eigenvalue weighted by atomic mass is 9.82. The summed E-state index contributed by atoms with van der Waals surface area (Å²) in [6.07, 6.45) is 4.68. The Balaban J connectivity index is 1.53. The van der Waals surface area contributed by atoms with E-state index in [4.69, 9.17) is 0 Å². The van der Waals surface area contributed by atoms with Crippen molar-refractivity contribution in [3.8, 4) is 11.3 Å². The third-order valence-electron chi connectivity index (χ3n) is 5.92. The van der Waals surface area contributed by atoms with Gasteiger partial charge in [-0.05, 0) is 36.7 Å². The van der Waals surface area contributed by atoms with Gasteiger partial charge in [0.25, 0.3) is 0 Å². The zero-order valence-corrected chi connectivity index (χ0v) is 17.0. The molecule has 4 atom stereocenters. The van der Waals surface area contributed by atoms with E-state index in [0.717, 1.165) is 22.6 Å². The van der Waals surface area contributed by atoms with E-state index in [9.17, 15) is 14.7 Å². The maximum Gasteiger partial charge on any atom is 0.307 e. The Labute approximate surface area is 168 Å². The third-order valence-corrected chi connectivity index (χ3v) is 6.81. The summed E-state index contributed by atoms with van der Waals surface area (Å²) in [6.45, 7) is 6.30. The number of aliphatic carboxylic acids is 1. The molecular weight excluding hydrogens is 372 g/mol. The SMILES string of the molecule is Cc1sc(NC(=O)[C@@H]2[C@@H](C(=O)O)[C@H]3C=C[C@@H]2C3)nc1-c1ccc(C(C)C)cc1. The van der Waals surface area contributed by atoms with E-state index in [0.29, 0.717) is 11.0 Å². The van der Waals surface area contributed by atoms with Crippen molar-refractivity contribution < 1.29 is 14.7 Å². The highest BCUT2D eigenvalue weighted by molar-refractivity contribution is 7.16. The van der Waals surface area contributed by atoms with Crippen molar-refractivity contribution >= 4 is 28.3 Å². The molecule has 0 aliphatic heterocycles. The van der Waals surface area contributed by atoms with Gasteiger partial charge in [-0.1, -0.05) is 50.3 Å². The second-order valence-electron chi connectivity index (χ2n) is 8.03. The number of amides is 1. The van der Waals surface area contributed by atoms with Gasteiger partial charge >= 0.3 is 5.97 Å². The van der Waals surface area contributed by atoms with E-state index >= 15 is 0 Å². The Kier molecular flexibility index (Phi) is 4.83.